The average Bonchev–Trinajstić information content (AvgIpc) is 3.38. The van der Waals surface area contributed by atoms with Gasteiger partial charge in [0.1, 0.15) is 35.5 Å². The molecule has 2 aromatic carbocycles. The standard InChI is InChI=1S/C34H32F5N7O2S/c1-4-27(47)46-13-24(36)26(14-46)45(3)31-20-9-22(34(37,38)39)19(18-5-6-23(35)29-28(18)21(12-40)30(41)49-29)10-25(20)42-32(43-31)48-15-17-11-33(7-8-33)16-44(17)2/h4-6,9-10,17,24,26H,1,7-8,11,13-16,41H2,2-3H3. The molecule has 3 fully saturated rings. The summed E-state index contributed by atoms with van der Waals surface area (Å²) >= 11 is 0.779. The quantitative estimate of drug-likeness (QED) is 0.181. The molecule has 49 heavy (non-hydrogen) atoms. The zero-order valence-electron chi connectivity index (χ0n) is 26.7. The summed E-state index contributed by atoms with van der Waals surface area (Å²) in [6.07, 6.45) is -2.14. The molecule has 4 heterocycles. The van der Waals surface area contributed by atoms with Crippen LogP contribution in [0.5, 0.6) is 6.01 Å². The molecule has 2 aliphatic heterocycles. The number of nitrogens with zero attached hydrogens (tertiary/aromatic N) is 6. The van der Waals surface area contributed by atoms with E-state index in [9.17, 15) is 27.6 Å². The van der Waals surface area contributed by atoms with Crippen molar-refractivity contribution in [2.45, 2.75) is 43.7 Å². The van der Waals surface area contributed by atoms with E-state index in [4.69, 9.17) is 10.5 Å². The van der Waals surface area contributed by atoms with Gasteiger partial charge in [-0.15, -0.1) is 11.3 Å². The first-order valence-electron chi connectivity index (χ1n) is 15.7. The van der Waals surface area contributed by atoms with Crippen LogP contribution in [0.15, 0.2) is 36.9 Å². The molecule has 256 valence electrons. The number of nitrogen functional groups attached to an aromatic ring is 1. The van der Waals surface area contributed by atoms with Gasteiger partial charge in [-0.1, -0.05) is 12.6 Å². The molecule has 3 unspecified atom stereocenters. The van der Waals surface area contributed by atoms with Crippen molar-refractivity contribution in [1.82, 2.24) is 19.8 Å². The molecule has 2 aromatic heterocycles. The lowest BCUT2D eigenvalue weighted by Gasteiger charge is -2.28. The Bertz CT molecular complexity index is 2060. The van der Waals surface area contributed by atoms with E-state index in [1.807, 2.05) is 13.1 Å². The second kappa shape index (κ2) is 11.8. The second-order valence-corrected chi connectivity index (χ2v) is 14.3. The third-order valence-electron chi connectivity index (χ3n) is 10.1. The number of halogens is 5. The Balaban J connectivity index is 1.39. The van der Waals surface area contributed by atoms with Crippen LogP contribution in [0.4, 0.5) is 32.8 Å². The number of nitrogens with two attached hydrogens (primary N) is 1. The van der Waals surface area contributed by atoms with Crippen LogP contribution >= 0.6 is 11.3 Å². The zero-order chi connectivity index (χ0) is 35.0. The van der Waals surface area contributed by atoms with Gasteiger partial charge in [0.2, 0.25) is 5.91 Å². The van der Waals surface area contributed by atoms with E-state index in [2.05, 4.69) is 21.4 Å². The van der Waals surface area contributed by atoms with Crippen LogP contribution in [0.1, 0.15) is 30.4 Å². The van der Waals surface area contributed by atoms with E-state index < -0.39 is 35.7 Å². The van der Waals surface area contributed by atoms with Gasteiger partial charge in [-0.05, 0) is 67.1 Å². The Hall–Kier alpha value is -4.55. The number of nitriles is 1. The Kier molecular flexibility index (Phi) is 7.94. The fourth-order valence-electron chi connectivity index (χ4n) is 7.31. The van der Waals surface area contributed by atoms with Gasteiger partial charge in [-0.3, -0.25) is 9.69 Å². The molecule has 2 N–H and O–H groups in total. The number of benzene rings is 2. The fraction of sp³-hybridized carbons (Fsp3) is 0.412. The number of aromatic nitrogens is 2. The fourth-order valence-corrected chi connectivity index (χ4v) is 8.26. The van der Waals surface area contributed by atoms with Gasteiger partial charge in [-0.25, -0.2) is 8.78 Å². The molecule has 15 heteroatoms. The maximum atomic E-state index is 15.5. The Morgan fingerprint density at radius 2 is 2.02 bits per heavy atom. The number of hydrogen-bond acceptors (Lipinski definition) is 9. The number of anilines is 2. The second-order valence-electron chi connectivity index (χ2n) is 13.2. The molecule has 1 amide bonds. The van der Waals surface area contributed by atoms with Crippen molar-refractivity contribution in [3.63, 3.8) is 0 Å². The van der Waals surface area contributed by atoms with Gasteiger partial charge in [0.05, 0.1) is 33.9 Å². The summed E-state index contributed by atoms with van der Waals surface area (Å²) < 4.78 is 81.2. The van der Waals surface area contributed by atoms with Crippen LogP contribution in [0.25, 0.3) is 32.1 Å². The number of thiophene rings is 1. The summed E-state index contributed by atoms with van der Waals surface area (Å²) in [5, 5.41) is 9.73. The highest BCUT2D eigenvalue weighted by atomic mass is 32.1. The smallest absolute Gasteiger partial charge is 0.417 e. The number of rotatable bonds is 7. The van der Waals surface area contributed by atoms with E-state index >= 15 is 4.39 Å². The summed E-state index contributed by atoms with van der Waals surface area (Å²) in [6.45, 7) is 4.38. The van der Waals surface area contributed by atoms with Crippen molar-refractivity contribution < 1.29 is 31.5 Å². The summed E-state index contributed by atoms with van der Waals surface area (Å²) in [4.78, 5) is 26.3. The van der Waals surface area contributed by atoms with Crippen LogP contribution in [0.3, 0.4) is 0 Å². The summed E-state index contributed by atoms with van der Waals surface area (Å²) in [5.74, 6) is -1.21. The number of alkyl halides is 4. The van der Waals surface area contributed by atoms with E-state index in [-0.39, 0.29) is 80.2 Å². The highest BCUT2D eigenvalue weighted by molar-refractivity contribution is 7.23. The van der Waals surface area contributed by atoms with Crippen molar-refractivity contribution in [1.29, 1.82) is 5.26 Å². The van der Waals surface area contributed by atoms with Crippen molar-refractivity contribution in [2.24, 2.45) is 5.41 Å². The van der Waals surface area contributed by atoms with Gasteiger partial charge in [0.25, 0.3) is 0 Å². The van der Waals surface area contributed by atoms with E-state index in [1.165, 1.54) is 29.0 Å². The van der Waals surface area contributed by atoms with Crippen molar-refractivity contribution in [3.05, 3.63) is 53.9 Å². The monoisotopic (exact) mass is 697 g/mol. The molecular formula is C34H32F5N7O2S. The lowest BCUT2D eigenvalue weighted by atomic mass is 9.93. The van der Waals surface area contributed by atoms with Crippen LogP contribution in [0, 0.1) is 22.6 Å². The molecule has 4 aromatic rings. The minimum absolute atomic E-state index is 0.0159. The molecular weight excluding hydrogens is 665 g/mol. The van der Waals surface area contributed by atoms with Gasteiger partial charge in [0.15, 0.2) is 0 Å². The normalized spacial score (nSPS) is 21.8. The highest BCUT2D eigenvalue weighted by Gasteiger charge is 2.51. The number of ether oxygens (including phenoxy) is 1. The van der Waals surface area contributed by atoms with Crippen molar-refractivity contribution in [2.75, 3.05) is 51.0 Å². The molecule has 0 bridgehead atoms. The highest BCUT2D eigenvalue weighted by Crippen LogP contribution is 2.54. The van der Waals surface area contributed by atoms with E-state index in [1.54, 1.807) is 0 Å². The van der Waals surface area contributed by atoms with Crippen LogP contribution in [-0.2, 0) is 11.0 Å². The summed E-state index contributed by atoms with van der Waals surface area (Å²) in [6, 6.07) is 5.25. The predicted molar refractivity (Wildman–Crippen MR) is 177 cm³/mol. The molecule has 9 nitrogen and oxygen atoms in total. The Morgan fingerprint density at radius 1 is 1.27 bits per heavy atom. The lowest BCUT2D eigenvalue weighted by Crippen LogP contribution is -2.40. The number of likely N-dealkylation sites (tertiary alicyclic amines) is 2. The number of carbonyl (C=O) groups is 1. The van der Waals surface area contributed by atoms with Crippen LogP contribution in [-0.4, -0.2) is 84.3 Å². The molecule has 2 saturated heterocycles. The molecule has 0 radical (unpaired) electrons. The minimum atomic E-state index is -4.92. The molecule has 1 aliphatic carbocycles. The number of hydrogen-bond donors (Lipinski definition) is 1. The summed E-state index contributed by atoms with van der Waals surface area (Å²) in [7, 11) is 3.52. The van der Waals surface area contributed by atoms with Crippen LogP contribution in [0.2, 0.25) is 0 Å². The lowest BCUT2D eigenvalue weighted by molar-refractivity contribution is -0.137. The van der Waals surface area contributed by atoms with Crippen molar-refractivity contribution in [3.8, 4) is 23.2 Å². The number of fused-ring (bicyclic) bond motifs is 2. The van der Waals surface area contributed by atoms with Crippen LogP contribution < -0.4 is 15.4 Å². The molecule has 7 rings (SSSR count). The third kappa shape index (κ3) is 5.70. The third-order valence-corrected chi connectivity index (χ3v) is 11.1. The van der Waals surface area contributed by atoms with Gasteiger partial charge >= 0.3 is 12.2 Å². The first-order chi connectivity index (χ1) is 23.2. The number of likely N-dealkylation sites (N-methyl/N-ethyl adjacent to an activating group) is 2. The van der Waals surface area contributed by atoms with Crippen molar-refractivity contribution >= 4 is 49.1 Å². The number of amides is 1. The molecule has 1 spiro atoms. The van der Waals surface area contributed by atoms with E-state index in [0.29, 0.717) is 5.41 Å². The molecule has 3 aliphatic rings. The first kappa shape index (κ1) is 33.0. The Morgan fingerprint density at radius 3 is 2.67 bits per heavy atom. The average molecular weight is 698 g/mol. The maximum absolute atomic E-state index is 15.5. The molecule has 1 saturated carbocycles. The largest absolute Gasteiger partial charge is 0.462 e. The summed E-state index contributed by atoms with van der Waals surface area (Å²) in [5.41, 5.74) is 4.72. The topological polar surface area (TPSA) is 112 Å². The molecule has 3 atom stereocenters. The van der Waals surface area contributed by atoms with Gasteiger partial charge in [0, 0.05) is 37.0 Å². The van der Waals surface area contributed by atoms with Gasteiger partial charge < -0.3 is 20.3 Å². The van der Waals surface area contributed by atoms with Gasteiger partial charge in [-0.2, -0.15) is 28.4 Å². The number of carbonyl (C=O) groups excluding carboxylic acids is 1. The SMILES string of the molecule is C=CC(=O)N1CC(F)C(N(C)c2nc(OCC3CC4(CC4)CN3C)nc3cc(-c4ccc(F)c5sc(N)c(C#N)c45)c(C(F)(F)F)cc23)C1. The maximum Gasteiger partial charge on any atom is 0.417 e. The Labute approximate surface area is 282 Å². The minimum Gasteiger partial charge on any atom is -0.462 e. The first-order valence-corrected chi connectivity index (χ1v) is 16.5. The predicted octanol–water partition coefficient (Wildman–Crippen LogP) is 6.16. The zero-order valence-corrected chi connectivity index (χ0v) is 27.5. The van der Waals surface area contributed by atoms with E-state index in [0.717, 1.165) is 55.4 Å².